The molecule has 1 fully saturated rings. The molecule has 1 saturated heterocycles. The lowest BCUT2D eigenvalue weighted by molar-refractivity contribution is 0.193. The Bertz CT molecular complexity index is 548. The zero-order valence-electron chi connectivity index (χ0n) is 10.7. The molecule has 0 radical (unpaired) electrons. The average Bonchev–Trinajstić information content (AvgIpc) is 3.05. The van der Waals surface area contributed by atoms with Crippen LogP contribution < -0.4 is 4.90 Å². The van der Waals surface area contributed by atoms with E-state index in [1.165, 1.54) is 10.3 Å². The largest absolute Gasteiger partial charge is 0.379 e. The van der Waals surface area contributed by atoms with Crippen molar-refractivity contribution < 1.29 is 4.74 Å². The third kappa shape index (κ3) is 1.97. The number of rotatable bonds is 3. The molecule has 0 aromatic carbocycles. The summed E-state index contributed by atoms with van der Waals surface area (Å²) in [6.45, 7) is 3.83. The van der Waals surface area contributed by atoms with Crippen LogP contribution in [-0.2, 0) is 11.2 Å². The smallest absolute Gasteiger partial charge is 0.140 e. The molecule has 1 atom stereocenters. The molecule has 0 spiro atoms. The van der Waals surface area contributed by atoms with Gasteiger partial charge in [-0.2, -0.15) is 0 Å². The monoisotopic (exact) mass is 263 g/mol. The van der Waals surface area contributed by atoms with Crippen LogP contribution in [0.4, 0.5) is 5.82 Å². The number of ether oxygens (including phenoxy) is 1. The number of fused-ring (bicyclic) bond motifs is 1. The molecule has 2 aromatic rings. The summed E-state index contributed by atoms with van der Waals surface area (Å²) in [5, 5.41) is 1.17. The third-order valence-electron chi connectivity index (χ3n) is 3.50. The zero-order valence-corrected chi connectivity index (χ0v) is 11.5. The highest BCUT2D eigenvalue weighted by atomic mass is 32.1. The van der Waals surface area contributed by atoms with Gasteiger partial charge in [-0.05, 0) is 18.9 Å². The van der Waals surface area contributed by atoms with Crippen LogP contribution in [0, 0.1) is 0 Å². The van der Waals surface area contributed by atoms with Gasteiger partial charge in [-0.25, -0.2) is 9.97 Å². The van der Waals surface area contributed by atoms with Crippen molar-refractivity contribution in [3.05, 3.63) is 17.3 Å². The van der Waals surface area contributed by atoms with E-state index in [9.17, 15) is 0 Å². The minimum absolute atomic E-state index is 0.438. The fraction of sp³-hybridized carbons (Fsp3) is 0.538. The summed E-state index contributed by atoms with van der Waals surface area (Å²) in [4.78, 5) is 13.5. The van der Waals surface area contributed by atoms with Crippen LogP contribution in [0.5, 0.6) is 0 Å². The van der Waals surface area contributed by atoms with E-state index in [2.05, 4.69) is 34.9 Å². The van der Waals surface area contributed by atoms with E-state index in [4.69, 9.17) is 4.74 Å². The van der Waals surface area contributed by atoms with Crippen LogP contribution in [0.3, 0.4) is 0 Å². The molecule has 0 N–H and O–H groups in total. The van der Waals surface area contributed by atoms with Gasteiger partial charge in [0.05, 0.1) is 18.0 Å². The third-order valence-corrected chi connectivity index (χ3v) is 4.68. The van der Waals surface area contributed by atoms with Crippen LogP contribution in [0.15, 0.2) is 12.4 Å². The SMILES string of the molecule is CCc1cc2c(N(C)C3CCOC3)ncnc2s1. The molecule has 3 rings (SSSR count). The van der Waals surface area contributed by atoms with Gasteiger partial charge in [-0.15, -0.1) is 11.3 Å². The molecular weight excluding hydrogens is 246 g/mol. The first-order chi connectivity index (χ1) is 8.79. The number of nitrogens with zero attached hydrogens (tertiary/aromatic N) is 3. The molecule has 4 nitrogen and oxygen atoms in total. The molecule has 96 valence electrons. The molecule has 0 aliphatic carbocycles. The Balaban J connectivity index is 2.01. The van der Waals surface area contributed by atoms with Gasteiger partial charge in [0.2, 0.25) is 0 Å². The Morgan fingerprint density at radius 3 is 3.11 bits per heavy atom. The number of likely N-dealkylation sites (N-methyl/N-ethyl adjacent to an activating group) is 1. The molecule has 0 saturated carbocycles. The van der Waals surface area contributed by atoms with Crippen molar-refractivity contribution in [2.24, 2.45) is 0 Å². The second-order valence-corrected chi connectivity index (χ2v) is 5.73. The number of hydrogen-bond donors (Lipinski definition) is 0. The molecule has 3 heterocycles. The lowest BCUT2D eigenvalue weighted by Gasteiger charge is -2.24. The zero-order chi connectivity index (χ0) is 12.5. The number of aryl methyl sites for hydroxylation is 1. The molecule has 5 heteroatoms. The normalized spacial score (nSPS) is 19.6. The van der Waals surface area contributed by atoms with Crippen LogP contribution in [0.1, 0.15) is 18.2 Å². The molecule has 2 aromatic heterocycles. The topological polar surface area (TPSA) is 38.2 Å². The summed E-state index contributed by atoms with van der Waals surface area (Å²) in [7, 11) is 2.10. The van der Waals surface area contributed by atoms with Gasteiger partial charge < -0.3 is 9.64 Å². The van der Waals surface area contributed by atoms with Crippen molar-refractivity contribution in [2.75, 3.05) is 25.2 Å². The maximum atomic E-state index is 5.46. The fourth-order valence-electron chi connectivity index (χ4n) is 2.35. The van der Waals surface area contributed by atoms with Gasteiger partial charge in [-0.1, -0.05) is 6.92 Å². The average molecular weight is 263 g/mol. The van der Waals surface area contributed by atoms with E-state index in [0.717, 1.165) is 36.7 Å². The van der Waals surface area contributed by atoms with Crippen LogP contribution in [0.2, 0.25) is 0 Å². The van der Waals surface area contributed by atoms with E-state index in [0.29, 0.717) is 6.04 Å². The van der Waals surface area contributed by atoms with Crippen molar-refractivity contribution in [2.45, 2.75) is 25.8 Å². The van der Waals surface area contributed by atoms with E-state index in [1.807, 2.05) is 0 Å². The Kier molecular flexibility index (Phi) is 3.18. The summed E-state index contributed by atoms with van der Waals surface area (Å²) in [6, 6.07) is 2.66. The van der Waals surface area contributed by atoms with Gasteiger partial charge in [-0.3, -0.25) is 0 Å². The lowest BCUT2D eigenvalue weighted by atomic mass is 10.2. The number of thiophene rings is 1. The minimum Gasteiger partial charge on any atom is -0.379 e. The van der Waals surface area contributed by atoms with Crippen molar-refractivity contribution in [1.82, 2.24) is 9.97 Å². The second-order valence-electron chi connectivity index (χ2n) is 4.61. The van der Waals surface area contributed by atoms with Gasteiger partial charge in [0.25, 0.3) is 0 Å². The van der Waals surface area contributed by atoms with Crippen LogP contribution >= 0.6 is 11.3 Å². The maximum absolute atomic E-state index is 5.46. The van der Waals surface area contributed by atoms with Crippen LogP contribution in [0.25, 0.3) is 10.2 Å². The van der Waals surface area contributed by atoms with E-state index in [1.54, 1.807) is 17.7 Å². The molecular formula is C13H17N3OS. The number of aromatic nitrogens is 2. The lowest BCUT2D eigenvalue weighted by Crippen LogP contribution is -2.32. The second kappa shape index (κ2) is 4.82. The number of anilines is 1. The van der Waals surface area contributed by atoms with Crippen molar-refractivity contribution >= 4 is 27.4 Å². The number of hydrogen-bond acceptors (Lipinski definition) is 5. The predicted octanol–water partition coefficient (Wildman–Crippen LogP) is 2.48. The van der Waals surface area contributed by atoms with E-state index >= 15 is 0 Å². The predicted molar refractivity (Wildman–Crippen MR) is 74.4 cm³/mol. The molecule has 0 bridgehead atoms. The Morgan fingerprint density at radius 1 is 1.50 bits per heavy atom. The summed E-state index contributed by atoms with van der Waals surface area (Å²) in [5.41, 5.74) is 0. The Morgan fingerprint density at radius 2 is 2.39 bits per heavy atom. The molecule has 1 unspecified atom stereocenters. The first kappa shape index (κ1) is 11.9. The molecule has 1 aliphatic rings. The van der Waals surface area contributed by atoms with E-state index < -0.39 is 0 Å². The van der Waals surface area contributed by atoms with Gasteiger partial charge in [0.15, 0.2) is 0 Å². The quantitative estimate of drug-likeness (QED) is 0.852. The van der Waals surface area contributed by atoms with Crippen molar-refractivity contribution in [3.63, 3.8) is 0 Å². The first-order valence-corrected chi connectivity index (χ1v) is 7.15. The highest BCUT2D eigenvalue weighted by Gasteiger charge is 2.23. The molecule has 0 amide bonds. The van der Waals surface area contributed by atoms with Crippen molar-refractivity contribution in [1.29, 1.82) is 0 Å². The Labute approximate surface area is 111 Å². The standard InChI is InChI=1S/C13H17N3OS/c1-3-10-6-11-12(14-8-15-13(11)18-10)16(2)9-4-5-17-7-9/h6,8-9H,3-5,7H2,1-2H3. The van der Waals surface area contributed by atoms with E-state index in [-0.39, 0.29) is 0 Å². The summed E-state index contributed by atoms with van der Waals surface area (Å²) in [6.07, 6.45) is 3.80. The van der Waals surface area contributed by atoms with Gasteiger partial charge in [0.1, 0.15) is 17.0 Å². The van der Waals surface area contributed by atoms with Crippen LogP contribution in [-0.4, -0.2) is 36.3 Å². The Hall–Kier alpha value is -1.20. The maximum Gasteiger partial charge on any atom is 0.140 e. The minimum atomic E-state index is 0.438. The molecule has 18 heavy (non-hydrogen) atoms. The summed E-state index contributed by atoms with van der Waals surface area (Å²) >= 11 is 1.76. The highest BCUT2D eigenvalue weighted by molar-refractivity contribution is 7.18. The van der Waals surface area contributed by atoms with Crippen molar-refractivity contribution in [3.8, 4) is 0 Å². The van der Waals surface area contributed by atoms with Gasteiger partial charge >= 0.3 is 0 Å². The summed E-state index contributed by atoms with van der Waals surface area (Å²) < 4.78 is 5.46. The summed E-state index contributed by atoms with van der Waals surface area (Å²) in [5.74, 6) is 1.03. The molecule has 1 aliphatic heterocycles. The fourth-order valence-corrected chi connectivity index (χ4v) is 3.28. The van der Waals surface area contributed by atoms with Gasteiger partial charge in [0, 0.05) is 18.5 Å². The first-order valence-electron chi connectivity index (χ1n) is 6.33. The highest BCUT2D eigenvalue weighted by Crippen LogP contribution is 2.31.